The first-order chi connectivity index (χ1) is 7.10. The maximum absolute atomic E-state index is 12.2. The highest BCUT2D eigenvalue weighted by Crippen LogP contribution is 2.13. The van der Waals surface area contributed by atoms with E-state index in [9.17, 15) is 4.79 Å². The minimum atomic E-state index is -0.0000926. The molecule has 1 N–H and O–H groups in total. The predicted octanol–water partition coefficient (Wildman–Crippen LogP) is 0.00440. The Balaban J connectivity index is 2.78. The van der Waals surface area contributed by atoms with Crippen molar-refractivity contribution in [3.8, 4) is 0 Å². The van der Waals surface area contributed by atoms with Gasteiger partial charge in [-0.3, -0.25) is 9.69 Å². The molecule has 1 amide bonds. The molecule has 0 bridgehead atoms. The van der Waals surface area contributed by atoms with Gasteiger partial charge in [0, 0.05) is 26.2 Å². The van der Waals surface area contributed by atoms with Crippen LogP contribution in [0.15, 0.2) is 0 Å². The van der Waals surface area contributed by atoms with E-state index in [1.165, 1.54) is 0 Å². The third-order valence-corrected chi connectivity index (χ3v) is 3.04. The van der Waals surface area contributed by atoms with Crippen LogP contribution in [0.3, 0.4) is 0 Å². The van der Waals surface area contributed by atoms with Crippen LogP contribution in [-0.4, -0.2) is 62.0 Å². The van der Waals surface area contributed by atoms with Crippen molar-refractivity contribution in [1.82, 2.24) is 15.1 Å². The predicted molar refractivity (Wildman–Crippen MR) is 61.8 cm³/mol. The molecule has 0 aromatic rings. The van der Waals surface area contributed by atoms with E-state index >= 15 is 0 Å². The van der Waals surface area contributed by atoms with Gasteiger partial charge in [0.1, 0.15) is 6.04 Å². The molecule has 15 heavy (non-hydrogen) atoms. The second kappa shape index (κ2) is 5.47. The van der Waals surface area contributed by atoms with Gasteiger partial charge in [0.05, 0.1) is 0 Å². The Kier molecular flexibility index (Phi) is 4.54. The second-order valence-electron chi connectivity index (χ2n) is 4.50. The molecule has 1 rings (SSSR count). The van der Waals surface area contributed by atoms with Gasteiger partial charge in [-0.1, -0.05) is 6.92 Å². The molecule has 1 saturated heterocycles. The Bertz CT molecular complexity index is 220. The molecule has 0 saturated carbocycles. The molecule has 88 valence electrons. The Hall–Kier alpha value is -0.610. The maximum Gasteiger partial charge on any atom is 0.241 e. The summed E-state index contributed by atoms with van der Waals surface area (Å²) >= 11 is 0. The molecule has 1 aliphatic heterocycles. The minimum Gasteiger partial charge on any atom is -0.341 e. The van der Waals surface area contributed by atoms with Crippen molar-refractivity contribution in [3.05, 3.63) is 0 Å². The average molecular weight is 213 g/mol. The standard InChI is InChI=1S/C11H23N3O/c1-5-14-8-9(2)7-13(4)10(6-12-3)11(14)15/h9-10,12H,5-8H2,1-4H3. The van der Waals surface area contributed by atoms with E-state index in [1.54, 1.807) is 0 Å². The van der Waals surface area contributed by atoms with E-state index in [-0.39, 0.29) is 11.9 Å². The fourth-order valence-corrected chi connectivity index (χ4v) is 2.26. The molecule has 0 aromatic carbocycles. The van der Waals surface area contributed by atoms with Gasteiger partial charge in [0.2, 0.25) is 5.91 Å². The van der Waals surface area contributed by atoms with Crippen molar-refractivity contribution in [2.45, 2.75) is 19.9 Å². The molecule has 0 aliphatic carbocycles. The molecular weight excluding hydrogens is 190 g/mol. The van der Waals surface area contributed by atoms with Crippen LogP contribution in [0, 0.1) is 5.92 Å². The van der Waals surface area contributed by atoms with Gasteiger partial charge in [0.25, 0.3) is 0 Å². The Morgan fingerprint density at radius 1 is 1.47 bits per heavy atom. The van der Waals surface area contributed by atoms with Crippen molar-refractivity contribution >= 4 is 5.91 Å². The zero-order valence-corrected chi connectivity index (χ0v) is 10.3. The fraction of sp³-hybridized carbons (Fsp3) is 0.909. The molecular formula is C11H23N3O. The van der Waals surface area contributed by atoms with E-state index in [0.717, 1.165) is 26.2 Å². The summed E-state index contributed by atoms with van der Waals surface area (Å²) in [6, 6.07) is -0.0000926. The molecule has 4 nitrogen and oxygen atoms in total. The monoisotopic (exact) mass is 213 g/mol. The maximum atomic E-state index is 12.2. The van der Waals surface area contributed by atoms with Crippen LogP contribution in [0.1, 0.15) is 13.8 Å². The third kappa shape index (κ3) is 2.92. The summed E-state index contributed by atoms with van der Waals surface area (Å²) in [5, 5.41) is 3.10. The average Bonchev–Trinajstić information content (AvgIpc) is 2.29. The Morgan fingerprint density at radius 3 is 2.67 bits per heavy atom. The summed E-state index contributed by atoms with van der Waals surface area (Å²) < 4.78 is 0. The molecule has 0 aromatic heterocycles. The van der Waals surface area contributed by atoms with E-state index in [4.69, 9.17) is 0 Å². The van der Waals surface area contributed by atoms with Crippen molar-refractivity contribution in [2.24, 2.45) is 5.92 Å². The van der Waals surface area contributed by atoms with E-state index in [0.29, 0.717) is 5.92 Å². The lowest BCUT2D eigenvalue weighted by Crippen LogP contribution is -2.49. The fourth-order valence-electron chi connectivity index (χ4n) is 2.26. The van der Waals surface area contributed by atoms with Gasteiger partial charge in [0.15, 0.2) is 0 Å². The smallest absolute Gasteiger partial charge is 0.241 e. The van der Waals surface area contributed by atoms with Crippen molar-refractivity contribution in [1.29, 1.82) is 0 Å². The zero-order valence-electron chi connectivity index (χ0n) is 10.3. The second-order valence-corrected chi connectivity index (χ2v) is 4.50. The number of nitrogens with zero attached hydrogens (tertiary/aromatic N) is 2. The molecule has 1 heterocycles. The van der Waals surface area contributed by atoms with Crippen molar-refractivity contribution in [3.63, 3.8) is 0 Å². The van der Waals surface area contributed by atoms with Crippen molar-refractivity contribution in [2.75, 3.05) is 40.3 Å². The molecule has 2 unspecified atom stereocenters. The number of carbonyl (C=O) groups is 1. The largest absolute Gasteiger partial charge is 0.341 e. The number of nitrogens with one attached hydrogen (secondary N) is 1. The Labute approximate surface area is 92.6 Å². The first-order valence-electron chi connectivity index (χ1n) is 5.73. The van der Waals surface area contributed by atoms with Crippen LogP contribution in [-0.2, 0) is 4.79 Å². The highest BCUT2D eigenvalue weighted by atomic mass is 16.2. The zero-order chi connectivity index (χ0) is 11.4. The van der Waals surface area contributed by atoms with Crippen molar-refractivity contribution < 1.29 is 4.79 Å². The summed E-state index contributed by atoms with van der Waals surface area (Å²) in [6.45, 7) is 7.69. The van der Waals surface area contributed by atoms with Crippen LogP contribution in [0.2, 0.25) is 0 Å². The topological polar surface area (TPSA) is 35.6 Å². The van der Waals surface area contributed by atoms with Gasteiger partial charge < -0.3 is 10.2 Å². The number of hydrogen-bond donors (Lipinski definition) is 1. The number of rotatable bonds is 3. The third-order valence-electron chi connectivity index (χ3n) is 3.04. The minimum absolute atomic E-state index is 0.0000926. The number of carbonyl (C=O) groups excluding carboxylic acids is 1. The molecule has 1 aliphatic rings. The molecule has 0 spiro atoms. The summed E-state index contributed by atoms with van der Waals surface area (Å²) in [5.41, 5.74) is 0. The number of amides is 1. The number of hydrogen-bond acceptors (Lipinski definition) is 3. The molecule has 0 radical (unpaired) electrons. The SMILES string of the molecule is CCN1CC(C)CN(C)C(CNC)C1=O. The van der Waals surface area contributed by atoms with E-state index in [1.807, 2.05) is 25.9 Å². The normalized spacial score (nSPS) is 29.3. The highest BCUT2D eigenvalue weighted by molar-refractivity contribution is 5.82. The first kappa shape index (κ1) is 12.5. The van der Waals surface area contributed by atoms with Gasteiger partial charge >= 0.3 is 0 Å². The van der Waals surface area contributed by atoms with E-state index < -0.39 is 0 Å². The van der Waals surface area contributed by atoms with E-state index in [2.05, 4.69) is 17.1 Å². The summed E-state index contributed by atoms with van der Waals surface area (Å²) in [4.78, 5) is 16.3. The lowest BCUT2D eigenvalue weighted by atomic mass is 10.1. The Morgan fingerprint density at radius 2 is 2.13 bits per heavy atom. The van der Waals surface area contributed by atoms with Gasteiger partial charge in [-0.15, -0.1) is 0 Å². The highest BCUT2D eigenvalue weighted by Gasteiger charge is 2.31. The van der Waals surface area contributed by atoms with Gasteiger partial charge in [-0.05, 0) is 26.9 Å². The van der Waals surface area contributed by atoms with Crippen LogP contribution < -0.4 is 5.32 Å². The van der Waals surface area contributed by atoms with Crippen LogP contribution in [0.25, 0.3) is 0 Å². The molecule has 4 heteroatoms. The summed E-state index contributed by atoms with van der Waals surface area (Å²) in [6.07, 6.45) is 0. The first-order valence-corrected chi connectivity index (χ1v) is 5.73. The lowest BCUT2D eigenvalue weighted by Gasteiger charge is -2.27. The lowest BCUT2D eigenvalue weighted by molar-refractivity contribution is -0.134. The number of likely N-dealkylation sites (N-methyl/N-ethyl adjacent to an activating group) is 3. The van der Waals surface area contributed by atoms with Gasteiger partial charge in [-0.2, -0.15) is 0 Å². The van der Waals surface area contributed by atoms with Crippen LogP contribution in [0.5, 0.6) is 0 Å². The summed E-state index contributed by atoms with van der Waals surface area (Å²) in [7, 11) is 3.93. The van der Waals surface area contributed by atoms with Crippen LogP contribution >= 0.6 is 0 Å². The molecule has 2 atom stereocenters. The van der Waals surface area contributed by atoms with Gasteiger partial charge in [-0.25, -0.2) is 0 Å². The molecule has 1 fully saturated rings. The quantitative estimate of drug-likeness (QED) is 0.717. The summed E-state index contributed by atoms with van der Waals surface area (Å²) in [5.74, 6) is 0.819. The van der Waals surface area contributed by atoms with Crippen LogP contribution in [0.4, 0.5) is 0 Å².